The molecule has 0 saturated carbocycles. The van der Waals surface area contributed by atoms with Crippen LogP contribution in [-0.4, -0.2) is 32.9 Å². The summed E-state index contributed by atoms with van der Waals surface area (Å²) in [6, 6.07) is 10.1. The van der Waals surface area contributed by atoms with Gasteiger partial charge in [0.05, 0.1) is 0 Å². The lowest BCUT2D eigenvalue weighted by Gasteiger charge is -2.22. The SMILES string of the molecule is c1ccc2c(c1)OCc1cc3nnc(C4CCNCC4)n3nc1-2. The first-order chi connectivity index (χ1) is 11.4. The van der Waals surface area contributed by atoms with Crippen molar-refractivity contribution in [1.29, 1.82) is 0 Å². The van der Waals surface area contributed by atoms with Gasteiger partial charge in [-0.25, -0.2) is 0 Å². The number of para-hydroxylation sites is 1. The maximum Gasteiger partial charge on any atom is 0.178 e. The number of hydrogen-bond acceptors (Lipinski definition) is 5. The maximum absolute atomic E-state index is 5.82. The summed E-state index contributed by atoms with van der Waals surface area (Å²) < 4.78 is 7.74. The molecule has 6 nitrogen and oxygen atoms in total. The smallest absolute Gasteiger partial charge is 0.178 e. The van der Waals surface area contributed by atoms with Gasteiger partial charge in [-0.3, -0.25) is 0 Å². The third-order valence-electron chi connectivity index (χ3n) is 4.73. The van der Waals surface area contributed by atoms with E-state index in [1.54, 1.807) is 0 Å². The zero-order valence-corrected chi connectivity index (χ0v) is 12.7. The van der Waals surface area contributed by atoms with E-state index in [9.17, 15) is 0 Å². The van der Waals surface area contributed by atoms with Crippen molar-refractivity contribution in [3.63, 3.8) is 0 Å². The minimum absolute atomic E-state index is 0.423. The number of fused-ring (bicyclic) bond motifs is 4. The van der Waals surface area contributed by atoms with Crippen LogP contribution in [0.3, 0.4) is 0 Å². The molecule has 2 aliphatic heterocycles. The van der Waals surface area contributed by atoms with E-state index in [4.69, 9.17) is 9.84 Å². The number of rotatable bonds is 1. The molecule has 1 saturated heterocycles. The molecule has 0 spiro atoms. The number of piperidine rings is 1. The minimum Gasteiger partial charge on any atom is -0.488 e. The molecule has 116 valence electrons. The third-order valence-corrected chi connectivity index (χ3v) is 4.73. The number of hydrogen-bond donors (Lipinski definition) is 1. The van der Waals surface area contributed by atoms with Crippen molar-refractivity contribution in [2.24, 2.45) is 0 Å². The van der Waals surface area contributed by atoms with Crippen molar-refractivity contribution in [1.82, 2.24) is 25.1 Å². The summed E-state index contributed by atoms with van der Waals surface area (Å²) in [5.74, 6) is 2.29. The molecule has 0 aliphatic carbocycles. The highest BCUT2D eigenvalue weighted by Gasteiger charge is 2.24. The topological polar surface area (TPSA) is 64.3 Å². The highest BCUT2D eigenvalue weighted by Crippen LogP contribution is 2.36. The molecule has 2 aromatic heterocycles. The molecular weight excluding hydrogens is 290 g/mol. The van der Waals surface area contributed by atoms with Crippen LogP contribution in [0.15, 0.2) is 30.3 Å². The Morgan fingerprint density at radius 2 is 2.00 bits per heavy atom. The lowest BCUT2D eigenvalue weighted by atomic mass is 9.97. The van der Waals surface area contributed by atoms with Crippen LogP contribution in [0.5, 0.6) is 5.75 Å². The molecule has 0 atom stereocenters. The van der Waals surface area contributed by atoms with Crippen LogP contribution in [0.25, 0.3) is 16.9 Å². The standard InChI is InChI=1S/C17H17N5O/c1-2-4-14-13(3-1)16-12(10-23-14)9-15-19-20-17(22(15)21-16)11-5-7-18-8-6-11/h1-4,9,11,18H,5-8,10H2. The van der Waals surface area contributed by atoms with Gasteiger partial charge in [-0.1, -0.05) is 12.1 Å². The average molecular weight is 307 g/mol. The van der Waals surface area contributed by atoms with E-state index in [1.165, 1.54) is 0 Å². The van der Waals surface area contributed by atoms with Crippen LogP contribution in [0.1, 0.15) is 30.1 Å². The van der Waals surface area contributed by atoms with Gasteiger partial charge in [-0.2, -0.15) is 9.61 Å². The fraction of sp³-hybridized carbons (Fsp3) is 0.353. The Hall–Kier alpha value is -2.47. The Balaban J connectivity index is 1.68. The van der Waals surface area contributed by atoms with Gasteiger partial charge in [0.1, 0.15) is 18.1 Å². The Bertz CT molecular complexity index is 882. The molecule has 0 amide bonds. The van der Waals surface area contributed by atoms with Gasteiger partial charge < -0.3 is 10.1 Å². The summed E-state index contributed by atoms with van der Waals surface area (Å²) >= 11 is 0. The number of aromatic nitrogens is 4. The van der Waals surface area contributed by atoms with E-state index >= 15 is 0 Å². The van der Waals surface area contributed by atoms with Crippen molar-refractivity contribution in [2.45, 2.75) is 25.4 Å². The van der Waals surface area contributed by atoms with Crippen LogP contribution in [0.2, 0.25) is 0 Å². The van der Waals surface area contributed by atoms with Crippen molar-refractivity contribution in [3.8, 4) is 17.0 Å². The molecule has 2 aliphatic rings. The Kier molecular flexibility index (Phi) is 2.84. The van der Waals surface area contributed by atoms with E-state index in [2.05, 4.69) is 27.6 Å². The molecule has 1 aromatic carbocycles. The molecule has 0 unspecified atom stereocenters. The summed E-state index contributed by atoms with van der Waals surface area (Å²) in [5.41, 5.74) is 3.90. The summed E-state index contributed by atoms with van der Waals surface area (Å²) in [6.45, 7) is 2.59. The summed E-state index contributed by atoms with van der Waals surface area (Å²) in [4.78, 5) is 0. The third kappa shape index (κ3) is 2.02. The highest BCUT2D eigenvalue weighted by molar-refractivity contribution is 5.72. The summed E-state index contributed by atoms with van der Waals surface area (Å²) in [6.07, 6.45) is 2.17. The van der Waals surface area contributed by atoms with E-state index in [0.29, 0.717) is 12.5 Å². The van der Waals surface area contributed by atoms with E-state index in [1.807, 2.05) is 22.7 Å². The van der Waals surface area contributed by atoms with Crippen molar-refractivity contribution < 1.29 is 4.74 Å². The predicted molar refractivity (Wildman–Crippen MR) is 85.4 cm³/mol. The van der Waals surface area contributed by atoms with Gasteiger partial charge >= 0.3 is 0 Å². The van der Waals surface area contributed by atoms with Crippen molar-refractivity contribution in [2.75, 3.05) is 13.1 Å². The van der Waals surface area contributed by atoms with Gasteiger partial charge in [0.15, 0.2) is 11.5 Å². The second-order valence-corrected chi connectivity index (χ2v) is 6.16. The first-order valence-electron chi connectivity index (χ1n) is 8.08. The van der Waals surface area contributed by atoms with E-state index < -0.39 is 0 Å². The van der Waals surface area contributed by atoms with Gasteiger partial charge in [0.25, 0.3) is 0 Å². The number of nitrogens with one attached hydrogen (secondary N) is 1. The first kappa shape index (κ1) is 13.0. The number of benzene rings is 1. The van der Waals surface area contributed by atoms with Crippen molar-refractivity contribution in [3.05, 3.63) is 41.7 Å². The fourth-order valence-electron chi connectivity index (χ4n) is 3.50. The van der Waals surface area contributed by atoms with Gasteiger partial charge in [0, 0.05) is 17.0 Å². The van der Waals surface area contributed by atoms with Crippen LogP contribution >= 0.6 is 0 Å². The summed E-state index contributed by atoms with van der Waals surface area (Å²) in [5, 5.41) is 17.0. The molecule has 23 heavy (non-hydrogen) atoms. The van der Waals surface area contributed by atoms with Gasteiger partial charge in [-0.05, 0) is 44.1 Å². The number of nitrogens with zero attached hydrogens (tertiary/aromatic N) is 4. The predicted octanol–water partition coefficient (Wildman–Crippen LogP) is 2.15. The second kappa shape index (κ2) is 5.03. The molecule has 6 heteroatoms. The summed E-state index contributed by atoms with van der Waals surface area (Å²) in [7, 11) is 0. The molecule has 3 aromatic rings. The van der Waals surface area contributed by atoms with Gasteiger partial charge in [-0.15, -0.1) is 10.2 Å². The van der Waals surface area contributed by atoms with E-state index in [0.717, 1.165) is 60.0 Å². The normalized spacial score (nSPS) is 17.6. The highest BCUT2D eigenvalue weighted by atomic mass is 16.5. The molecule has 4 heterocycles. The fourth-order valence-corrected chi connectivity index (χ4v) is 3.50. The maximum atomic E-state index is 5.82. The zero-order chi connectivity index (χ0) is 15.2. The number of ether oxygens (including phenoxy) is 1. The quantitative estimate of drug-likeness (QED) is 0.746. The lowest BCUT2D eigenvalue weighted by molar-refractivity contribution is 0.301. The van der Waals surface area contributed by atoms with Crippen molar-refractivity contribution >= 4 is 5.65 Å². The minimum atomic E-state index is 0.423. The first-order valence-corrected chi connectivity index (χ1v) is 8.08. The molecular formula is C17H17N5O. The average Bonchev–Trinajstić information content (AvgIpc) is 3.03. The largest absolute Gasteiger partial charge is 0.488 e. The lowest BCUT2D eigenvalue weighted by Crippen LogP contribution is -2.27. The Labute approximate surface area is 133 Å². The Morgan fingerprint density at radius 3 is 2.91 bits per heavy atom. The van der Waals surface area contributed by atoms with Crippen LogP contribution in [0, 0.1) is 0 Å². The molecule has 0 bridgehead atoms. The molecule has 1 N–H and O–H groups in total. The molecule has 1 fully saturated rings. The second-order valence-electron chi connectivity index (χ2n) is 6.16. The molecule has 5 rings (SSSR count). The van der Waals surface area contributed by atoms with Gasteiger partial charge in [0.2, 0.25) is 0 Å². The molecule has 0 radical (unpaired) electrons. The van der Waals surface area contributed by atoms with Crippen LogP contribution in [0.4, 0.5) is 0 Å². The zero-order valence-electron chi connectivity index (χ0n) is 12.7. The van der Waals surface area contributed by atoms with Crippen LogP contribution in [-0.2, 0) is 6.61 Å². The van der Waals surface area contributed by atoms with Crippen LogP contribution < -0.4 is 10.1 Å². The van der Waals surface area contributed by atoms with E-state index in [-0.39, 0.29) is 0 Å². The Morgan fingerprint density at radius 1 is 1.13 bits per heavy atom. The monoisotopic (exact) mass is 307 g/mol.